The molecule has 1 saturated heterocycles. The molecule has 1 heterocycles. The minimum atomic E-state index is 0.180. The van der Waals surface area contributed by atoms with E-state index in [-0.39, 0.29) is 11.8 Å². The summed E-state index contributed by atoms with van der Waals surface area (Å²) in [4.78, 5) is 11.7. The molecular formula is C11H22N2O. The molecule has 1 aliphatic heterocycles. The van der Waals surface area contributed by atoms with Gasteiger partial charge in [-0.3, -0.25) is 4.79 Å². The fourth-order valence-electron chi connectivity index (χ4n) is 1.71. The molecular weight excluding hydrogens is 176 g/mol. The molecule has 0 aliphatic carbocycles. The highest BCUT2D eigenvalue weighted by atomic mass is 16.1. The van der Waals surface area contributed by atoms with Crippen molar-refractivity contribution in [2.45, 2.75) is 27.2 Å². The number of hydrogen-bond donors (Lipinski definition) is 2. The lowest BCUT2D eigenvalue weighted by Gasteiger charge is -2.16. The maximum atomic E-state index is 11.7. The summed E-state index contributed by atoms with van der Waals surface area (Å²) in [6.45, 7) is 9.08. The molecule has 0 saturated carbocycles. The second-order valence-corrected chi connectivity index (χ2v) is 4.50. The van der Waals surface area contributed by atoms with Gasteiger partial charge < -0.3 is 10.6 Å². The van der Waals surface area contributed by atoms with Crippen molar-refractivity contribution in [2.24, 2.45) is 17.8 Å². The van der Waals surface area contributed by atoms with Crippen molar-refractivity contribution < 1.29 is 4.79 Å². The van der Waals surface area contributed by atoms with E-state index in [4.69, 9.17) is 0 Å². The molecule has 1 rings (SSSR count). The zero-order valence-corrected chi connectivity index (χ0v) is 9.47. The third kappa shape index (κ3) is 2.98. The van der Waals surface area contributed by atoms with Gasteiger partial charge >= 0.3 is 0 Å². The normalized spacial score (nSPS) is 28.8. The standard InChI is InChI=1S/C11H22N2O/c1-4-8(2)5-13-11(14)10-7-12-6-9(10)3/h8-10,12H,4-7H2,1-3H3,(H,13,14)/t8?,9-,10-/m1/s1. The maximum absolute atomic E-state index is 11.7. The predicted octanol–water partition coefficient (Wildman–Crippen LogP) is 1.00. The van der Waals surface area contributed by atoms with Gasteiger partial charge in [0.05, 0.1) is 5.92 Å². The van der Waals surface area contributed by atoms with Crippen LogP contribution < -0.4 is 10.6 Å². The summed E-state index contributed by atoms with van der Waals surface area (Å²) in [5, 5.41) is 6.27. The SMILES string of the molecule is CCC(C)CNC(=O)[C@@H]1CNC[C@H]1C. The summed E-state index contributed by atoms with van der Waals surface area (Å²) in [5.41, 5.74) is 0. The average Bonchev–Trinajstić information content (AvgIpc) is 2.60. The van der Waals surface area contributed by atoms with E-state index in [1.165, 1.54) is 0 Å². The van der Waals surface area contributed by atoms with E-state index >= 15 is 0 Å². The van der Waals surface area contributed by atoms with Gasteiger partial charge in [0.1, 0.15) is 0 Å². The fraction of sp³-hybridized carbons (Fsp3) is 0.909. The van der Waals surface area contributed by atoms with Crippen molar-refractivity contribution in [3.63, 3.8) is 0 Å². The Balaban J connectivity index is 2.27. The van der Waals surface area contributed by atoms with Crippen molar-refractivity contribution in [1.29, 1.82) is 0 Å². The number of nitrogens with one attached hydrogen (secondary N) is 2. The van der Waals surface area contributed by atoms with Crippen LogP contribution in [-0.2, 0) is 4.79 Å². The van der Waals surface area contributed by atoms with Crippen LogP contribution in [0.4, 0.5) is 0 Å². The first-order valence-electron chi connectivity index (χ1n) is 5.63. The van der Waals surface area contributed by atoms with Gasteiger partial charge in [0.15, 0.2) is 0 Å². The monoisotopic (exact) mass is 198 g/mol. The van der Waals surface area contributed by atoms with Crippen LogP contribution in [0.25, 0.3) is 0 Å². The molecule has 0 radical (unpaired) electrons. The van der Waals surface area contributed by atoms with Crippen LogP contribution >= 0.6 is 0 Å². The van der Waals surface area contributed by atoms with Gasteiger partial charge in [-0.05, 0) is 18.4 Å². The van der Waals surface area contributed by atoms with Gasteiger partial charge in [-0.2, -0.15) is 0 Å². The summed E-state index contributed by atoms with van der Waals surface area (Å²) in [7, 11) is 0. The van der Waals surface area contributed by atoms with E-state index in [0.717, 1.165) is 26.1 Å². The molecule has 0 bridgehead atoms. The topological polar surface area (TPSA) is 41.1 Å². The van der Waals surface area contributed by atoms with Crippen molar-refractivity contribution >= 4 is 5.91 Å². The smallest absolute Gasteiger partial charge is 0.224 e. The lowest BCUT2D eigenvalue weighted by molar-refractivity contribution is -0.125. The van der Waals surface area contributed by atoms with Crippen LogP contribution in [-0.4, -0.2) is 25.5 Å². The van der Waals surface area contributed by atoms with E-state index in [0.29, 0.717) is 11.8 Å². The Morgan fingerprint density at radius 1 is 1.57 bits per heavy atom. The minimum absolute atomic E-state index is 0.180. The average molecular weight is 198 g/mol. The van der Waals surface area contributed by atoms with Crippen LogP contribution in [0.1, 0.15) is 27.2 Å². The Bertz CT molecular complexity index is 194. The van der Waals surface area contributed by atoms with Crippen LogP contribution in [0, 0.1) is 17.8 Å². The molecule has 2 N–H and O–H groups in total. The second kappa shape index (κ2) is 5.35. The van der Waals surface area contributed by atoms with Gasteiger partial charge in [-0.15, -0.1) is 0 Å². The first kappa shape index (κ1) is 11.5. The molecule has 3 heteroatoms. The van der Waals surface area contributed by atoms with Crippen LogP contribution in [0.2, 0.25) is 0 Å². The summed E-state index contributed by atoms with van der Waals surface area (Å²) < 4.78 is 0. The van der Waals surface area contributed by atoms with E-state index in [9.17, 15) is 4.79 Å². The predicted molar refractivity (Wildman–Crippen MR) is 58.0 cm³/mol. The molecule has 14 heavy (non-hydrogen) atoms. The van der Waals surface area contributed by atoms with Gasteiger partial charge in [0.2, 0.25) is 5.91 Å². The molecule has 0 spiro atoms. The van der Waals surface area contributed by atoms with Crippen molar-refractivity contribution in [2.75, 3.05) is 19.6 Å². The van der Waals surface area contributed by atoms with Gasteiger partial charge in [0.25, 0.3) is 0 Å². The highest BCUT2D eigenvalue weighted by Crippen LogP contribution is 2.15. The molecule has 1 amide bonds. The first-order chi connectivity index (χ1) is 6.65. The van der Waals surface area contributed by atoms with E-state index in [2.05, 4.69) is 31.4 Å². The summed E-state index contributed by atoms with van der Waals surface area (Å²) in [5.74, 6) is 1.47. The molecule has 0 aromatic carbocycles. The lowest BCUT2D eigenvalue weighted by atomic mass is 9.97. The minimum Gasteiger partial charge on any atom is -0.356 e. The molecule has 82 valence electrons. The Kier molecular flexibility index (Phi) is 4.39. The van der Waals surface area contributed by atoms with Crippen molar-refractivity contribution in [3.8, 4) is 0 Å². The summed E-state index contributed by atoms with van der Waals surface area (Å²) in [6.07, 6.45) is 1.12. The largest absolute Gasteiger partial charge is 0.356 e. The van der Waals surface area contributed by atoms with Gasteiger partial charge in [-0.1, -0.05) is 27.2 Å². The van der Waals surface area contributed by atoms with Crippen LogP contribution in [0.15, 0.2) is 0 Å². The molecule has 1 aliphatic rings. The molecule has 1 unspecified atom stereocenters. The number of hydrogen-bond acceptors (Lipinski definition) is 2. The lowest BCUT2D eigenvalue weighted by Crippen LogP contribution is -2.36. The molecule has 0 aromatic heterocycles. The summed E-state index contributed by atoms with van der Waals surface area (Å²) >= 11 is 0. The zero-order chi connectivity index (χ0) is 10.6. The first-order valence-corrected chi connectivity index (χ1v) is 5.63. The maximum Gasteiger partial charge on any atom is 0.224 e. The fourth-order valence-corrected chi connectivity index (χ4v) is 1.71. The third-order valence-electron chi connectivity index (χ3n) is 3.18. The highest BCUT2D eigenvalue weighted by Gasteiger charge is 2.29. The Morgan fingerprint density at radius 2 is 2.29 bits per heavy atom. The molecule has 1 fully saturated rings. The molecule has 3 nitrogen and oxygen atoms in total. The van der Waals surface area contributed by atoms with E-state index < -0.39 is 0 Å². The quantitative estimate of drug-likeness (QED) is 0.707. The Hall–Kier alpha value is -0.570. The van der Waals surface area contributed by atoms with Gasteiger partial charge in [-0.25, -0.2) is 0 Å². The Morgan fingerprint density at radius 3 is 2.79 bits per heavy atom. The molecule has 0 aromatic rings. The number of carbonyl (C=O) groups is 1. The van der Waals surface area contributed by atoms with Gasteiger partial charge in [0, 0.05) is 13.1 Å². The molecule has 3 atom stereocenters. The zero-order valence-electron chi connectivity index (χ0n) is 9.47. The number of rotatable bonds is 4. The highest BCUT2D eigenvalue weighted by molar-refractivity contribution is 5.79. The second-order valence-electron chi connectivity index (χ2n) is 4.50. The van der Waals surface area contributed by atoms with Crippen molar-refractivity contribution in [3.05, 3.63) is 0 Å². The van der Waals surface area contributed by atoms with Crippen molar-refractivity contribution in [1.82, 2.24) is 10.6 Å². The number of amides is 1. The Labute approximate surface area is 86.6 Å². The van der Waals surface area contributed by atoms with E-state index in [1.54, 1.807) is 0 Å². The van der Waals surface area contributed by atoms with E-state index in [1.807, 2.05) is 0 Å². The summed E-state index contributed by atoms with van der Waals surface area (Å²) in [6, 6.07) is 0. The van der Waals surface area contributed by atoms with Crippen LogP contribution in [0.3, 0.4) is 0 Å². The van der Waals surface area contributed by atoms with Crippen LogP contribution in [0.5, 0.6) is 0 Å². The number of carbonyl (C=O) groups excluding carboxylic acids is 1. The third-order valence-corrected chi connectivity index (χ3v) is 3.18.